The molecule has 3 rings (SSSR count). The highest BCUT2D eigenvalue weighted by atomic mass is 16.5. The summed E-state index contributed by atoms with van der Waals surface area (Å²) in [6, 6.07) is 7.59. The van der Waals surface area contributed by atoms with Crippen molar-refractivity contribution in [2.24, 2.45) is 5.92 Å². The Morgan fingerprint density at radius 2 is 1.76 bits per heavy atom. The molecule has 134 valence electrons. The Bertz CT molecular complexity index is 773. The second-order valence-corrected chi connectivity index (χ2v) is 6.61. The zero-order valence-electron chi connectivity index (χ0n) is 14.9. The summed E-state index contributed by atoms with van der Waals surface area (Å²) >= 11 is 0. The summed E-state index contributed by atoms with van der Waals surface area (Å²) in [5.74, 6) is 0.313. The van der Waals surface area contributed by atoms with E-state index in [9.17, 15) is 9.59 Å². The molecule has 1 aromatic carbocycles. The molecule has 1 aromatic heterocycles. The highest BCUT2D eigenvalue weighted by Crippen LogP contribution is 2.28. The van der Waals surface area contributed by atoms with Crippen LogP contribution in [0.5, 0.6) is 0 Å². The van der Waals surface area contributed by atoms with E-state index in [1.165, 1.54) is 0 Å². The molecule has 0 N–H and O–H groups in total. The van der Waals surface area contributed by atoms with Crippen molar-refractivity contribution in [2.75, 3.05) is 33.3 Å². The Morgan fingerprint density at radius 1 is 1.12 bits per heavy atom. The first-order valence-corrected chi connectivity index (χ1v) is 8.60. The molecule has 2 heterocycles. The topological polar surface area (TPSA) is 63.0 Å². The number of amides is 2. The Hall–Kier alpha value is -2.34. The van der Waals surface area contributed by atoms with E-state index in [-0.39, 0.29) is 17.7 Å². The minimum atomic E-state index is -0.139. The number of rotatable bonds is 4. The third-order valence-electron chi connectivity index (χ3n) is 4.55. The molecule has 0 unspecified atom stereocenters. The van der Waals surface area contributed by atoms with E-state index in [1.54, 1.807) is 12.0 Å². The van der Waals surface area contributed by atoms with E-state index in [0.29, 0.717) is 44.1 Å². The van der Waals surface area contributed by atoms with Gasteiger partial charge in [-0.25, -0.2) is 0 Å². The monoisotopic (exact) mass is 344 g/mol. The van der Waals surface area contributed by atoms with Crippen LogP contribution in [0.25, 0.3) is 11.0 Å². The summed E-state index contributed by atoms with van der Waals surface area (Å²) < 4.78 is 11.1. The lowest BCUT2D eigenvalue weighted by Gasteiger charge is -2.35. The molecule has 6 nitrogen and oxygen atoms in total. The molecule has 1 aliphatic rings. The Balaban J connectivity index is 1.79. The van der Waals surface area contributed by atoms with Gasteiger partial charge in [0.2, 0.25) is 5.91 Å². The molecule has 6 heteroatoms. The first-order valence-electron chi connectivity index (χ1n) is 8.60. The normalized spacial score (nSPS) is 15.2. The van der Waals surface area contributed by atoms with Gasteiger partial charge in [-0.05, 0) is 6.07 Å². The van der Waals surface area contributed by atoms with Gasteiger partial charge in [0.25, 0.3) is 5.91 Å². The van der Waals surface area contributed by atoms with Crippen molar-refractivity contribution in [1.82, 2.24) is 9.80 Å². The molecular weight excluding hydrogens is 320 g/mol. The third-order valence-corrected chi connectivity index (χ3v) is 4.55. The summed E-state index contributed by atoms with van der Waals surface area (Å²) in [7, 11) is 1.60. The number of nitrogens with zero attached hydrogens (tertiary/aromatic N) is 2. The number of benzene rings is 1. The van der Waals surface area contributed by atoms with E-state index < -0.39 is 0 Å². The van der Waals surface area contributed by atoms with Crippen LogP contribution < -0.4 is 0 Å². The Kier molecular flexibility index (Phi) is 5.08. The number of carbonyl (C=O) groups is 2. The van der Waals surface area contributed by atoms with Crippen molar-refractivity contribution in [3.63, 3.8) is 0 Å². The van der Waals surface area contributed by atoms with Crippen LogP contribution in [0.15, 0.2) is 28.7 Å². The molecule has 2 amide bonds. The van der Waals surface area contributed by atoms with Gasteiger partial charge in [0.1, 0.15) is 5.58 Å². The number of carbonyl (C=O) groups excluding carboxylic acids is 2. The number of furan rings is 1. The predicted octanol–water partition coefficient (Wildman–Crippen LogP) is 2.52. The van der Waals surface area contributed by atoms with Crippen molar-refractivity contribution in [3.8, 4) is 0 Å². The summed E-state index contributed by atoms with van der Waals surface area (Å²) in [4.78, 5) is 28.6. The van der Waals surface area contributed by atoms with Crippen LogP contribution in [0.3, 0.4) is 0 Å². The van der Waals surface area contributed by atoms with Crippen molar-refractivity contribution in [3.05, 3.63) is 35.6 Å². The Morgan fingerprint density at radius 3 is 2.40 bits per heavy atom. The van der Waals surface area contributed by atoms with Crippen LogP contribution in [0, 0.1) is 5.92 Å². The molecule has 1 saturated heterocycles. The van der Waals surface area contributed by atoms with Gasteiger partial charge in [-0.15, -0.1) is 0 Å². The number of ether oxygens (including phenoxy) is 1. The van der Waals surface area contributed by atoms with E-state index in [2.05, 4.69) is 0 Å². The smallest absolute Gasteiger partial charge is 0.290 e. The minimum Gasteiger partial charge on any atom is -0.451 e. The van der Waals surface area contributed by atoms with Crippen molar-refractivity contribution in [1.29, 1.82) is 0 Å². The van der Waals surface area contributed by atoms with Gasteiger partial charge in [0.05, 0.1) is 6.61 Å². The second kappa shape index (κ2) is 7.27. The van der Waals surface area contributed by atoms with Crippen LogP contribution >= 0.6 is 0 Å². The molecule has 0 saturated carbocycles. The zero-order valence-corrected chi connectivity index (χ0v) is 14.9. The molecule has 0 spiro atoms. The quantitative estimate of drug-likeness (QED) is 0.855. The Labute approximate surface area is 147 Å². The van der Waals surface area contributed by atoms with Gasteiger partial charge in [-0.2, -0.15) is 0 Å². The second-order valence-electron chi connectivity index (χ2n) is 6.61. The van der Waals surface area contributed by atoms with Crippen LogP contribution in [-0.4, -0.2) is 54.9 Å². The lowest BCUT2D eigenvalue weighted by molar-refractivity contribution is -0.135. The molecule has 0 bridgehead atoms. The van der Waals surface area contributed by atoms with Crippen molar-refractivity contribution >= 4 is 22.8 Å². The minimum absolute atomic E-state index is 0.0223. The lowest BCUT2D eigenvalue weighted by Crippen LogP contribution is -2.51. The van der Waals surface area contributed by atoms with E-state index >= 15 is 0 Å². The van der Waals surface area contributed by atoms with E-state index in [1.807, 2.05) is 43.0 Å². The van der Waals surface area contributed by atoms with Gasteiger partial charge in [-0.3, -0.25) is 9.59 Å². The number of hydrogen-bond donors (Lipinski definition) is 0. The van der Waals surface area contributed by atoms with Crippen LogP contribution in [0.2, 0.25) is 0 Å². The summed E-state index contributed by atoms with van der Waals surface area (Å²) in [5, 5.41) is 0.904. The average molecular weight is 344 g/mol. The first-order chi connectivity index (χ1) is 12.0. The maximum Gasteiger partial charge on any atom is 0.290 e. The molecule has 1 fully saturated rings. The van der Waals surface area contributed by atoms with E-state index in [0.717, 1.165) is 10.9 Å². The average Bonchev–Trinajstić information content (AvgIpc) is 2.99. The number of methoxy groups -OCH3 is 1. The summed E-state index contributed by atoms with van der Waals surface area (Å²) in [5.41, 5.74) is 1.47. The molecule has 2 aromatic rings. The highest BCUT2D eigenvalue weighted by molar-refractivity contribution is 5.99. The van der Waals surface area contributed by atoms with Crippen molar-refractivity contribution < 1.29 is 18.7 Å². The first kappa shape index (κ1) is 17.5. The molecule has 0 atom stereocenters. The summed E-state index contributed by atoms with van der Waals surface area (Å²) in [6.45, 7) is 6.26. The standard InChI is InChI=1S/C19H24N2O4/c1-13(2)18(22)20-8-10-21(11-9-20)19(23)17-15(12-24-3)14-6-4-5-7-16(14)25-17/h4-7,13H,8-12H2,1-3H3. The molecular formula is C19H24N2O4. The van der Waals surface area contributed by atoms with Gasteiger partial charge >= 0.3 is 0 Å². The third kappa shape index (κ3) is 3.39. The predicted molar refractivity (Wildman–Crippen MR) is 94.2 cm³/mol. The molecule has 25 heavy (non-hydrogen) atoms. The number of fused-ring (bicyclic) bond motifs is 1. The van der Waals surface area contributed by atoms with E-state index in [4.69, 9.17) is 9.15 Å². The fourth-order valence-corrected chi connectivity index (χ4v) is 3.20. The maximum absolute atomic E-state index is 12.9. The highest BCUT2D eigenvalue weighted by Gasteiger charge is 2.29. The maximum atomic E-state index is 12.9. The molecule has 0 radical (unpaired) electrons. The zero-order chi connectivity index (χ0) is 18.0. The van der Waals surface area contributed by atoms with Crippen LogP contribution in [0.1, 0.15) is 30.0 Å². The largest absolute Gasteiger partial charge is 0.451 e. The summed E-state index contributed by atoms with van der Waals surface area (Å²) in [6.07, 6.45) is 0. The fourth-order valence-electron chi connectivity index (χ4n) is 3.20. The number of para-hydroxylation sites is 1. The lowest BCUT2D eigenvalue weighted by atomic mass is 10.1. The molecule has 0 aliphatic carbocycles. The van der Waals surface area contributed by atoms with Gasteiger partial charge in [0.15, 0.2) is 5.76 Å². The van der Waals surface area contributed by atoms with Gasteiger partial charge in [-0.1, -0.05) is 32.0 Å². The van der Waals surface area contributed by atoms with Crippen molar-refractivity contribution in [2.45, 2.75) is 20.5 Å². The fraction of sp³-hybridized carbons (Fsp3) is 0.474. The van der Waals surface area contributed by atoms with Crippen LogP contribution in [0.4, 0.5) is 0 Å². The SMILES string of the molecule is COCc1c(C(=O)N2CCN(C(=O)C(C)C)CC2)oc2ccccc12. The number of hydrogen-bond acceptors (Lipinski definition) is 4. The van der Waals surface area contributed by atoms with Crippen LogP contribution in [-0.2, 0) is 16.1 Å². The van der Waals surface area contributed by atoms with Gasteiger partial charge in [0, 0.05) is 50.2 Å². The number of piperazine rings is 1. The van der Waals surface area contributed by atoms with Gasteiger partial charge < -0.3 is 19.0 Å². The molecule has 1 aliphatic heterocycles.